The van der Waals surface area contributed by atoms with E-state index >= 15 is 0 Å². The Balaban J connectivity index is 1.43. The van der Waals surface area contributed by atoms with Crippen molar-refractivity contribution in [3.05, 3.63) is 122 Å². The number of carbonyl (C=O) groups excluding carboxylic acids is 2. The number of rotatable bonds is 13. The summed E-state index contributed by atoms with van der Waals surface area (Å²) in [6.07, 6.45) is 0.757. The summed E-state index contributed by atoms with van der Waals surface area (Å²) in [5, 5.41) is 7.60. The van der Waals surface area contributed by atoms with Gasteiger partial charge in [0.05, 0.1) is 22.8 Å². The smallest absolute Gasteiger partial charge is 0.262 e. The average Bonchev–Trinajstić information content (AvgIpc) is 3.02. The van der Waals surface area contributed by atoms with Crippen molar-refractivity contribution in [1.29, 1.82) is 0 Å². The minimum atomic E-state index is -0.948. The van der Waals surface area contributed by atoms with Gasteiger partial charge in [-0.3, -0.25) is 9.59 Å². The number of nitrogens with one attached hydrogen (secondary N) is 2. The van der Waals surface area contributed by atoms with Crippen LogP contribution in [-0.4, -0.2) is 37.3 Å². The largest absolute Gasteiger partial charge is 0.493 e. The lowest BCUT2D eigenvalue weighted by atomic mass is 10.1. The van der Waals surface area contributed by atoms with Crippen LogP contribution in [0, 0.1) is 0 Å². The zero-order valence-electron chi connectivity index (χ0n) is 23.9. The fourth-order valence-electron chi connectivity index (χ4n) is 4.10. The van der Waals surface area contributed by atoms with Gasteiger partial charge in [0.1, 0.15) is 18.4 Å². The monoisotopic (exact) mass is 697 g/mol. The quantitative estimate of drug-likeness (QED) is 0.116. The number of halogens is 3. The SMILES string of the molecule is COc1cc(/C=N\NC(=O)[C@@H](Cc2ccccc2)NC(=O)[C@H](C)Oc2ccc(Cl)cc2Cl)cc(Br)c1OCc1ccccc1. The molecule has 0 heterocycles. The Labute approximate surface area is 274 Å². The number of benzene rings is 4. The highest BCUT2D eigenvalue weighted by atomic mass is 79.9. The molecule has 0 fully saturated rings. The Morgan fingerprint density at radius 1 is 0.909 bits per heavy atom. The second kappa shape index (κ2) is 16.1. The molecule has 4 aromatic rings. The highest BCUT2D eigenvalue weighted by Crippen LogP contribution is 2.37. The molecule has 2 atom stereocenters. The van der Waals surface area contributed by atoms with E-state index in [1.165, 1.54) is 12.3 Å². The van der Waals surface area contributed by atoms with Gasteiger partial charge < -0.3 is 19.5 Å². The number of hydrazone groups is 1. The van der Waals surface area contributed by atoms with Crippen LogP contribution < -0.4 is 25.0 Å². The van der Waals surface area contributed by atoms with Crippen molar-refractivity contribution in [1.82, 2.24) is 10.7 Å². The molecule has 0 unspecified atom stereocenters. The van der Waals surface area contributed by atoms with E-state index in [9.17, 15) is 9.59 Å². The van der Waals surface area contributed by atoms with Crippen molar-refractivity contribution in [2.24, 2.45) is 5.10 Å². The van der Waals surface area contributed by atoms with Gasteiger partial charge in [-0.15, -0.1) is 0 Å². The molecule has 0 aromatic heterocycles. The fraction of sp³-hybridized carbons (Fsp3) is 0.182. The van der Waals surface area contributed by atoms with Crippen molar-refractivity contribution in [3.63, 3.8) is 0 Å². The topological polar surface area (TPSA) is 98.2 Å². The second-order valence-corrected chi connectivity index (χ2v) is 11.3. The standard InChI is InChI=1S/C33H30BrCl2N3O5/c1-21(44-29-14-13-25(35)18-27(29)36)32(40)38-28(16-22-9-5-3-6-10-22)33(41)39-37-19-24-15-26(34)31(30(17-24)42-2)43-20-23-11-7-4-8-12-23/h3-15,17-19,21,28H,16,20H2,1-2H3,(H,38,40)(H,39,41)/b37-19-/t21-,28+/m0/s1. The third kappa shape index (κ3) is 9.47. The zero-order valence-corrected chi connectivity index (χ0v) is 27.0. The minimum absolute atomic E-state index is 0.231. The molecule has 0 aliphatic heterocycles. The van der Waals surface area contributed by atoms with E-state index < -0.39 is 24.0 Å². The van der Waals surface area contributed by atoms with Gasteiger partial charge >= 0.3 is 0 Å². The number of hydrogen-bond acceptors (Lipinski definition) is 6. The van der Waals surface area contributed by atoms with Gasteiger partial charge in [-0.1, -0.05) is 83.9 Å². The summed E-state index contributed by atoms with van der Waals surface area (Å²) in [6.45, 7) is 1.93. The predicted octanol–water partition coefficient (Wildman–Crippen LogP) is 6.99. The number of carbonyl (C=O) groups is 2. The zero-order chi connectivity index (χ0) is 31.5. The number of ether oxygens (including phenoxy) is 3. The number of nitrogens with zero attached hydrogens (tertiary/aromatic N) is 1. The Morgan fingerprint density at radius 2 is 1.59 bits per heavy atom. The van der Waals surface area contributed by atoms with Gasteiger partial charge in [-0.05, 0) is 69.9 Å². The Bertz CT molecular complexity index is 1610. The number of amides is 2. The lowest BCUT2D eigenvalue weighted by molar-refractivity contribution is -0.132. The lowest BCUT2D eigenvalue weighted by Gasteiger charge is -2.21. The van der Waals surface area contributed by atoms with Crippen LogP contribution >= 0.6 is 39.1 Å². The van der Waals surface area contributed by atoms with E-state index in [1.807, 2.05) is 60.7 Å². The molecule has 0 saturated carbocycles. The van der Waals surface area contributed by atoms with Crippen LogP contribution in [0.4, 0.5) is 0 Å². The molecule has 2 N–H and O–H groups in total. The lowest BCUT2D eigenvalue weighted by Crippen LogP contribution is -2.50. The van der Waals surface area contributed by atoms with Crippen LogP contribution in [0.2, 0.25) is 10.0 Å². The number of hydrogen-bond donors (Lipinski definition) is 2. The first-order chi connectivity index (χ1) is 21.2. The summed E-state index contributed by atoms with van der Waals surface area (Å²) in [4.78, 5) is 26.3. The highest BCUT2D eigenvalue weighted by Gasteiger charge is 2.25. The Hall–Kier alpha value is -4.05. The molecule has 0 saturated heterocycles. The maximum Gasteiger partial charge on any atom is 0.262 e. The van der Waals surface area contributed by atoms with Gasteiger partial charge in [0.25, 0.3) is 11.8 Å². The third-order valence-electron chi connectivity index (χ3n) is 6.35. The van der Waals surface area contributed by atoms with Crippen molar-refractivity contribution in [2.75, 3.05) is 7.11 Å². The molecule has 0 radical (unpaired) electrons. The van der Waals surface area contributed by atoms with E-state index in [0.717, 1.165) is 11.1 Å². The normalized spacial score (nSPS) is 12.3. The summed E-state index contributed by atoms with van der Waals surface area (Å²) in [7, 11) is 1.54. The Kier molecular flexibility index (Phi) is 12.1. The van der Waals surface area contributed by atoms with Crippen molar-refractivity contribution in [3.8, 4) is 17.2 Å². The molecule has 0 aliphatic rings. The number of methoxy groups -OCH3 is 1. The summed E-state index contributed by atoms with van der Waals surface area (Å²) in [5.41, 5.74) is 5.04. The molecule has 4 aromatic carbocycles. The van der Waals surface area contributed by atoms with Gasteiger partial charge in [-0.25, -0.2) is 5.43 Å². The molecule has 2 amide bonds. The van der Waals surface area contributed by atoms with E-state index in [2.05, 4.69) is 31.8 Å². The fourth-order valence-corrected chi connectivity index (χ4v) is 5.12. The highest BCUT2D eigenvalue weighted by molar-refractivity contribution is 9.10. The van der Waals surface area contributed by atoms with Crippen molar-refractivity contribution < 1.29 is 23.8 Å². The maximum atomic E-state index is 13.2. The van der Waals surface area contributed by atoms with Crippen molar-refractivity contribution in [2.45, 2.75) is 32.1 Å². The van der Waals surface area contributed by atoms with E-state index in [4.69, 9.17) is 37.4 Å². The van der Waals surface area contributed by atoms with Crippen LogP contribution in [-0.2, 0) is 22.6 Å². The van der Waals surface area contributed by atoms with Gasteiger partial charge in [0.15, 0.2) is 17.6 Å². The molecule has 0 aliphatic carbocycles. The predicted molar refractivity (Wildman–Crippen MR) is 176 cm³/mol. The summed E-state index contributed by atoms with van der Waals surface area (Å²) in [6, 6.07) is 26.4. The minimum Gasteiger partial charge on any atom is -0.493 e. The maximum absolute atomic E-state index is 13.2. The summed E-state index contributed by atoms with van der Waals surface area (Å²) >= 11 is 15.7. The summed E-state index contributed by atoms with van der Waals surface area (Å²) < 4.78 is 17.9. The molecule has 0 bridgehead atoms. The van der Waals surface area contributed by atoms with Crippen molar-refractivity contribution >= 4 is 57.2 Å². The first-order valence-electron chi connectivity index (χ1n) is 13.6. The van der Waals surface area contributed by atoms with Crippen LogP contribution in [0.3, 0.4) is 0 Å². The third-order valence-corrected chi connectivity index (χ3v) is 7.47. The van der Waals surface area contributed by atoms with Gasteiger partial charge in [-0.2, -0.15) is 5.10 Å². The molecular formula is C33H30BrCl2N3O5. The average molecular weight is 699 g/mol. The van der Waals surface area contributed by atoms with E-state index in [0.29, 0.717) is 38.9 Å². The van der Waals surface area contributed by atoms with Crippen LogP contribution in [0.25, 0.3) is 0 Å². The molecule has 0 spiro atoms. The first-order valence-corrected chi connectivity index (χ1v) is 15.1. The molecule has 8 nitrogen and oxygen atoms in total. The Morgan fingerprint density at radius 3 is 2.25 bits per heavy atom. The molecule has 44 heavy (non-hydrogen) atoms. The van der Waals surface area contributed by atoms with Crippen LogP contribution in [0.5, 0.6) is 17.2 Å². The molecule has 4 rings (SSSR count). The first kappa shape index (κ1) is 32.9. The van der Waals surface area contributed by atoms with Crippen LogP contribution in [0.15, 0.2) is 101 Å². The van der Waals surface area contributed by atoms with Gasteiger partial charge in [0, 0.05) is 11.4 Å². The molecule has 228 valence electrons. The van der Waals surface area contributed by atoms with E-state index in [1.54, 1.807) is 38.3 Å². The van der Waals surface area contributed by atoms with Crippen LogP contribution in [0.1, 0.15) is 23.6 Å². The van der Waals surface area contributed by atoms with Gasteiger partial charge in [0.2, 0.25) is 0 Å². The van der Waals surface area contributed by atoms with E-state index in [-0.39, 0.29) is 11.4 Å². The molecule has 11 heteroatoms. The summed E-state index contributed by atoms with van der Waals surface area (Å²) in [5.74, 6) is 0.316. The second-order valence-electron chi connectivity index (χ2n) is 9.63. The molecular weight excluding hydrogens is 669 g/mol.